The van der Waals surface area contributed by atoms with E-state index in [4.69, 9.17) is 0 Å². The predicted octanol–water partition coefficient (Wildman–Crippen LogP) is 4.22. The van der Waals surface area contributed by atoms with Gasteiger partial charge < -0.3 is 10.3 Å². The largest absolute Gasteiger partial charge is 0.416 e. The Kier molecular flexibility index (Phi) is 5.27. The number of rotatable bonds is 5. The lowest BCUT2D eigenvalue weighted by Crippen LogP contribution is -2.15. The van der Waals surface area contributed by atoms with Crippen LogP contribution in [0.15, 0.2) is 60.1 Å². The zero-order valence-electron chi connectivity index (χ0n) is 13.2. The summed E-state index contributed by atoms with van der Waals surface area (Å²) >= 11 is 1.16. The molecule has 3 rings (SSSR count). The van der Waals surface area contributed by atoms with Crippen LogP contribution in [-0.4, -0.2) is 26.6 Å². The number of thioether (sulfide) groups is 1. The van der Waals surface area contributed by atoms with E-state index in [-0.39, 0.29) is 11.4 Å². The lowest BCUT2D eigenvalue weighted by atomic mass is 10.2. The summed E-state index contributed by atoms with van der Waals surface area (Å²) < 4.78 is 38.1. The molecular weight excluding hydrogens is 365 g/mol. The minimum atomic E-state index is -4.45. The molecule has 3 aromatic rings. The maximum Gasteiger partial charge on any atom is 0.416 e. The van der Waals surface area contributed by atoms with Crippen molar-refractivity contribution in [3.63, 3.8) is 0 Å². The van der Waals surface area contributed by atoms with Gasteiger partial charge in [0.05, 0.1) is 23.2 Å². The first-order valence-electron chi connectivity index (χ1n) is 7.47. The predicted molar refractivity (Wildman–Crippen MR) is 92.6 cm³/mol. The van der Waals surface area contributed by atoms with Crippen molar-refractivity contribution in [3.8, 4) is 11.3 Å². The molecule has 0 radical (unpaired) electrons. The van der Waals surface area contributed by atoms with Crippen LogP contribution in [0.25, 0.3) is 11.3 Å². The van der Waals surface area contributed by atoms with Gasteiger partial charge in [0.15, 0.2) is 5.16 Å². The number of halogens is 3. The van der Waals surface area contributed by atoms with Crippen molar-refractivity contribution in [2.45, 2.75) is 11.3 Å². The maximum absolute atomic E-state index is 12.7. The van der Waals surface area contributed by atoms with Gasteiger partial charge in [-0.2, -0.15) is 13.2 Å². The molecule has 0 aliphatic heterocycles. The molecule has 5 nitrogen and oxygen atoms in total. The molecule has 134 valence electrons. The van der Waals surface area contributed by atoms with Gasteiger partial charge in [-0.05, 0) is 30.3 Å². The Morgan fingerprint density at radius 3 is 2.69 bits per heavy atom. The number of carbonyl (C=O) groups is 1. The van der Waals surface area contributed by atoms with E-state index < -0.39 is 17.6 Å². The lowest BCUT2D eigenvalue weighted by molar-refractivity contribution is -0.137. The highest BCUT2D eigenvalue weighted by Crippen LogP contribution is 2.30. The summed E-state index contributed by atoms with van der Waals surface area (Å²) in [4.78, 5) is 23.1. The Hall–Kier alpha value is -2.81. The second-order valence-corrected chi connectivity index (χ2v) is 6.22. The first kappa shape index (κ1) is 18.0. The van der Waals surface area contributed by atoms with Crippen molar-refractivity contribution < 1.29 is 18.0 Å². The Labute approximate surface area is 151 Å². The number of benzene rings is 1. The molecule has 2 heterocycles. The zero-order valence-corrected chi connectivity index (χ0v) is 14.1. The summed E-state index contributed by atoms with van der Waals surface area (Å²) in [6, 6.07) is 8.15. The highest BCUT2D eigenvalue weighted by molar-refractivity contribution is 7.99. The molecule has 2 aromatic heterocycles. The summed E-state index contributed by atoms with van der Waals surface area (Å²) in [6.07, 6.45) is 0.506. The van der Waals surface area contributed by atoms with Crippen LogP contribution >= 0.6 is 11.8 Å². The van der Waals surface area contributed by atoms with E-state index in [1.54, 1.807) is 18.6 Å². The smallest absolute Gasteiger partial charge is 0.333 e. The van der Waals surface area contributed by atoms with Crippen LogP contribution in [0.4, 0.5) is 18.9 Å². The number of H-pyrrole nitrogens is 1. The molecule has 0 atom stereocenters. The molecule has 0 saturated heterocycles. The van der Waals surface area contributed by atoms with E-state index in [1.807, 2.05) is 12.1 Å². The normalized spacial score (nSPS) is 11.3. The fraction of sp³-hybridized carbons (Fsp3) is 0.118. The van der Waals surface area contributed by atoms with Crippen LogP contribution < -0.4 is 5.32 Å². The summed E-state index contributed by atoms with van der Waals surface area (Å²) in [5.74, 6) is -0.407. The van der Waals surface area contributed by atoms with Crippen LogP contribution in [-0.2, 0) is 11.0 Å². The maximum atomic E-state index is 12.7. The van der Waals surface area contributed by atoms with Gasteiger partial charge in [0.25, 0.3) is 0 Å². The number of aromatic amines is 1. The molecule has 26 heavy (non-hydrogen) atoms. The molecule has 1 aromatic carbocycles. The molecule has 1 amide bonds. The highest BCUT2D eigenvalue weighted by Gasteiger charge is 2.30. The molecular formula is C17H13F3N4OS. The number of imidazole rings is 1. The van der Waals surface area contributed by atoms with E-state index in [0.29, 0.717) is 5.16 Å². The summed E-state index contributed by atoms with van der Waals surface area (Å²) in [6.45, 7) is 0. The number of anilines is 1. The first-order chi connectivity index (χ1) is 12.4. The van der Waals surface area contributed by atoms with E-state index >= 15 is 0 Å². The van der Waals surface area contributed by atoms with Crippen LogP contribution in [0.5, 0.6) is 0 Å². The fourth-order valence-electron chi connectivity index (χ4n) is 2.16. The number of hydrogen-bond donors (Lipinski definition) is 2. The molecule has 0 bridgehead atoms. The Bertz CT molecular complexity index is 896. The van der Waals surface area contributed by atoms with Gasteiger partial charge in [-0.25, -0.2) is 4.98 Å². The molecule has 0 aliphatic carbocycles. The van der Waals surface area contributed by atoms with Crippen molar-refractivity contribution in [2.75, 3.05) is 11.1 Å². The number of amides is 1. The van der Waals surface area contributed by atoms with Gasteiger partial charge in [-0.15, -0.1) is 0 Å². The van der Waals surface area contributed by atoms with E-state index in [0.717, 1.165) is 35.2 Å². The SMILES string of the molecule is O=C(CSc1ncc(-c2ccncc2)[nH]1)Nc1cccc(C(F)(F)F)c1. The van der Waals surface area contributed by atoms with E-state index in [1.165, 1.54) is 12.1 Å². The summed E-state index contributed by atoms with van der Waals surface area (Å²) in [7, 11) is 0. The third-order valence-corrected chi connectivity index (χ3v) is 4.24. The van der Waals surface area contributed by atoms with E-state index in [2.05, 4.69) is 20.3 Å². The lowest BCUT2D eigenvalue weighted by Gasteiger charge is -2.09. The van der Waals surface area contributed by atoms with E-state index in [9.17, 15) is 18.0 Å². The van der Waals surface area contributed by atoms with Gasteiger partial charge >= 0.3 is 6.18 Å². The number of carbonyl (C=O) groups excluding carboxylic acids is 1. The zero-order chi connectivity index (χ0) is 18.6. The molecule has 0 fully saturated rings. The second-order valence-electron chi connectivity index (χ2n) is 5.25. The molecule has 9 heteroatoms. The van der Waals surface area contributed by atoms with Gasteiger partial charge in [-0.1, -0.05) is 17.8 Å². The molecule has 0 unspecified atom stereocenters. The minimum Gasteiger partial charge on any atom is -0.333 e. The summed E-state index contributed by atoms with van der Waals surface area (Å²) in [5, 5.41) is 2.99. The average molecular weight is 378 g/mol. The molecule has 2 N–H and O–H groups in total. The van der Waals surface area contributed by atoms with Crippen molar-refractivity contribution in [1.82, 2.24) is 15.0 Å². The number of nitrogens with one attached hydrogen (secondary N) is 2. The third kappa shape index (κ3) is 4.63. The third-order valence-electron chi connectivity index (χ3n) is 3.36. The Morgan fingerprint density at radius 1 is 1.19 bits per heavy atom. The van der Waals surface area contributed by atoms with Crippen LogP contribution in [0.2, 0.25) is 0 Å². The minimum absolute atomic E-state index is 0.0134. The molecule has 0 aliphatic rings. The fourth-order valence-corrected chi connectivity index (χ4v) is 2.81. The second kappa shape index (κ2) is 7.61. The average Bonchev–Trinajstić information content (AvgIpc) is 3.09. The monoisotopic (exact) mass is 378 g/mol. The number of alkyl halides is 3. The van der Waals surface area contributed by atoms with Gasteiger partial charge in [0.2, 0.25) is 5.91 Å². The molecule has 0 spiro atoms. The van der Waals surface area contributed by atoms with Crippen molar-refractivity contribution in [2.24, 2.45) is 0 Å². The number of aromatic nitrogens is 3. The number of nitrogens with zero attached hydrogens (tertiary/aromatic N) is 2. The van der Waals surface area contributed by atoms with Gasteiger partial charge in [0, 0.05) is 23.6 Å². The Morgan fingerprint density at radius 2 is 1.96 bits per heavy atom. The van der Waals surface area contributed by atoms with Crippen LogP contribution in [0.1, 0.15) is 5.56 Å². The topological polar surface area (TPSA) is 70.7 Å². The van der Waals surface area contributed by atoms with Crippen molar-refractivity contribution in [1.29, 1.82) is 0 Å². The summed E-state index contributed by atoms with van der Waals surface area (Å²) in [5.41, 5.74) is 0.985. The highest BCUT2D eigenvalue weighted by atomic mass is 32.2. The van der Waals surface area contributed by atoms with Gasteiger partial charge in [-0.3, -0.25) is 9.78 Å². The number of hydrogen-bond acceptors (Lipinski definition) is 4. The van der Waals surface area contributed by atoms with Crippen molar-refractivity contribution in [3.05, 3.63) is 60.6 Å². The number of pyridine rings is 1. The van der Waals surface area contributed by atoms with Crippen molar-refractivity contribution >= 4 is 23.4 Å². The molecule has 0 saturated carbocycles. The van der Waals surface area contributed by atoms with Crippen LogP contribution in [0.3, 0.4) is 0 Å². The first-order valence-corrected chi connectivity index (χ1v) is 8.46. The quantitative estimate of drug-likeness (QED) is 0.652. The van der Waals surface area contributed by atoms with Crippen LogP contribution in [0, 0.1) is 0 Å². The van der Waals surface area contributed by atoms with Gasteiger partial charge in [0.1, 0.15) is 0 Å². The standard InChI is InChI=1S/C17H13F3N4OS/c18-17(19,20)12-2-1-3-13(8-12)23-15(25)10-26-16-22-9-14(24-16)11-4-6-21-7-5-11/h1-9H,10H2,(H,22,24)(H,23,25). The Balaban J connectivity index is 1.57.